The second-order valence-corrected chi connectivity index (χ2v) is 9.30. The van der Waals surface area contributed by atoms with Gasteiger partial charge in [-0.1, -0.05) is 60.7 Å². The zero-order chi connectivity index (χ0) is 25.1. The Morgan fingerprint density at radius 1 is 0.917 bits per heavy atom. The van der Waals surface area contributed by atoms with Crippen molar-refractivity contribution in [3.05, 3.63) is 111 Å². The molecular weight excluding hydrogens is 458 g/mol. The van der Waals surface area contributed by atoms with Gasteiger partial charge in [-0.15, -0.1) is 0 Å². The van der Waals surface area contributed by atoms with Crippen molar-refractivity contribution in [1.82, 2.24) is 4.90 Å². The molecule has 36 heavy (non-hydrogen) atoms. The molecule has 0 aromatic heterocycles. The van der Waals surface area contributed by atoms with Crippen LogP contribution in [-0.2, 0) is 9.59 Å². The van der Waals surface area contributed by atoms with Crippen LogP contribution in [0.3, 0.4) is 0 Å². The monoisotopic (exact) mass is 479 g/mol. The summed E-state index contributed by atoms with van der Waals surface area (Å²) in [6, 6.07) is 19.1. The highest BCUT2D eigenvalue weighted by Crippen LogP contribution is 2.54. The lowest BCUT2D eigenvalue weighted by atomic mass is 9.83. The van der Waals surface area contributed by atoms with E-state index in [1.807, 2.05) is 41.3 Å². The smallest absolute Gasteiger partial charge is 0.271 e. The first-order valence-corrected chi connectivity index (χ1v) is 11.6. The van der Waals surface area contributed by atoms with Crippen molar-refractivity contribution in [2.75, 3.05) is 4.90 Å². The summed E-state index contributed by atoms with van der Waals surface area (Å²) in [6.45, 7) is 1.70. The third kappa shape index (κ3) is 3.04. The van der Waals surface area contributed by atoms with Crippen LogP contribution >= 0.6 is 0 Å². The molecule has 2 saturated heterocycles. The molecule has 0 radical (unpaired) electrons. The van der Waals surface area contributed by atoms with E-state index in [0.29, 0.717) is 11.1 Å². The number of anilines is 1. The molecule has 3 heterocycles. The van der Waals surface area contributed by atoms with Gasteiger partial charge >= 0.3 is 0 Å². The minimum absolute atomic E-state index is 0.186. The van der Waals surface area contributed by atoms with E-state index in [9.17, 15) is 24.5 Å². The average molecular weight is 479 g/mol. The number of benzene rings is 3. The van der Waals surface area contributed by atoms with Crippen LogP contribution in [0.5, 0.6) is 0 Å². The van der Waals surface area contributed by atoms with E-state index < -0.39 is 40.7 Å². The van der Waals surface area contributed by atoms with Gasteiger partial charge in [-0.3, -0.25) is 24.5 Å². The Morgan fingerprint density at radius 2 is 1.61 bits per heavy atom. The topological polar surface area (TPSA) is 101 Å². The van der Waals surface area contributed by atoms with Crippen LogP contribution in [0.15, 0.2) is 79.0 Å². The first-order valence-electron chi connectivity index (χ1n) is 11.6. The van der Waals surface area contributed by atoms with Gasteiger partial charge in [0.2, 0.25) is 11.8 Å². The average Bonchev–Trinajstić information content (AvgIpc) is 3.37. The van der Waals surface area contributed by atoms with Gasteiger partial charge in [0.25, 0.3) is 5.69 Å². The maximum Gasteiger partial charge on any atom is 0.271 e. The second kappa shape index (κ2) is 7.98. The molecular formula is C28H21N3O5. The predicted octanol–water partition coefficient (Wildman–Crippen LogP) is 4.30. The number of amides is 2. The number of nitro groups is 1. The van der Waals surface area contributed by atoms with Crippen LogP contribution in [0.1, 0.15) is 33.1 Å². The molecule has 0 bridgehead atoms. The normalized spacial score (nSPS) is 23.9. The summed E-state index contributed by atoms with van der Waals surface area (Å²) in [5.74, 6) is -2.93. The van der Waals surface area contributed by atoms with E-state index in [1.165, 1.54) is 18.2 Å². The highest BCUT2D eigenvalue weighted by Gasteiger charge is 2.64. The number of hydrogen-bond acceptors (Lipinski definition) is 6. The summed E-state index contributed by atoms with van der Waals surface area (Å²) in [4.78, 5) is 55.5. The Kier molecular flexibility index (Phi) is 4.86. The Morgan fingerprint density at radius 3 is 2.36 bits per heavy atom. The lowest BCUT2D eigenvalue weighted by Gasteiger charge is -2.35. The molecule has 0 aliphatic carbocycles. The Balaban J connectivity index is 1.51. The van der Waals surface area contributed by atoms with Crippen LogP contribution in [-0.4, -0.2) is 33.5 Å². The number of non-ortho nitro benzene ring substituents is 1. The fourth-order valence-corrected chi connectivity index (χ4v) is 5.82. The number of hydrogen-bond donors (Lipinski definition) is 0. The number of Topliss-reactive ketones (excluding diaryl/α,β-unsaturated/α-hetero) is 1. The maximum absolute atomic E-state index is 14.0. The van der Waals surface area contributed by atoms with Crippen LogP contribution in [0.4, 0.5) is 11.4 Å². The van der Waals surface area contributed by atoms with Gasteiger partial charge in [0, 0.05) is 23.9 Å². The number of nitrogens with zero attached hydrogens (tertiary/aromatic N) is 3. The molecule has 178 valence electrons. The molecule has 2 fully saturated rings. The van der Waals surface area contributed by atoms with Crippen LogP contribution in [0.2, 0.25) is 0 Å². The van der Waals surface area contributed by atoms with Crippen molar-refractivity contribution in [2.24, 2.45) is 11.8 Å². The molecule has 3 aromatic rings. The van der Waals surface area contributed by atoms with Crippen molar-refractivity contribution in [3.8, 4) is 0 Å². The largest absolute Gasteiger partial charge is 0.358 e. The Bertz CT molecular complexity index is 1480. The molecule has 2 amide bonds. The molecule has 8 nitrogen and oxygen atoms in total. The molecule has 0 N–H and O–H groups in total. The van der Waals surface area contributed by atoms with Gasteiger partial charge in [0.1, 0.15) is 6.04 Å². The number of ketones is 1. The number of aryl methyl sites for hydroxylation is 1. The van der Waals surface area contributed by atoms with E-state index in [1.54, 1.807) is 37.4 Å². The summed E-state index contributed by atoms with van der Waals surface area (Å²) in [6.07, 6.45) is 3.70. The van der Waals surface area contributed by atoms with Crippen molar-refractivity contribution < 1.29 is 19.3 Å². The Labute approximate surface area is 206 Å². The standard InChI is InChI=1S/C28H21N3O5/c1-16-11-12-19(31(35)36)15-21(16)30-27(33)22-23(28(30)34)25(26(32)18-8-3-2-4-9-18)29-14-13-17-7-5-6-10-20(17)24(22)29/h2-15,22-25H,1H3/t22-,23+,24-,25+/m0/s1. The fraction of sp³-hybridized carbons (Fsp3) is 0.179. The first kappa shape index (κ1) is 21.9. The van der Waals surface area contributed by atoms with Crippen molar-refractivity contribution in [3.63, 3.8) is 0 Å². The van der Waals surface area contributed by atoms with Crippen LogP contribution < -0.4 is 4.90 Å². The van der Waals surface area contributed by atoms with E-state index in [0.717, 1.165) is 16.0 Å². The lowest BCUT2D eigenvalue weighted by molar-refractivity contribution is -0.384. The number of nitro benzene ring substituents is 1. The Hall–Kier alpha value is -4.59. The molecule has 0 saturated carbocycles. The van der Waals surface area contributed by atoms with E-state index >= 15 is 0 Å². The molecule has 3 aliphatic rings. The summed E-state index contributed by atoms with van der Waals surface area (Å²) >= 11 is 0. The number of carbonyl (C=O) groups excluding carboxylic acids is 3. The SMILES string of the molecule is Cc1ccc([N+](=O)[O-])cc1N1C(=O)[C@@H]2[C@H](C1=O)[C@@H]1c3ccccc3C=CN1[C@H]2C(=O)c1ccccc1. The quantitative estimate of drug-likeness (QED) is 0.239. The highest BCUT2D eigenvalue weighted by atomic mass is 16.6. The van der Waals surface area contributed by atoms with E-state index in [2.05, 4.69) is 0 Å². The van der Waals surface area contributed by atoms with E-state index in [4.69, 9.17) is 0 Å². The van der Waals surface area contributed by atoms with Crippen LogP contribution in [0.25, 0.3) is 6.08 Å². The summed E-state index contributed by atoms with van der Waals surface area (Å²) in [7, 11) is 0. The van der Waals surface area contributed by atoms with Gasteiger partial charge in [0.05, 0.1) is 28.5 Å². The minimum Gasteiger partial charge on any atom is -0.358 e. The minimum atomic E-state index is -0.926. The summed E-state index contributed by atoms with van der Waals surface area (Å²) in [5, 5.41) is 11.4. The lowest BCUT2D eigenvalue weighted by Crippen LogP contribution is -2.44. The van der Waals surface area contributed by atoms with E-state index in [-0.39, 0.29) is 17.2 Å². The summed E-state index contributed by atoms with van der Waals surface area (Å²) in [5.41, 5.74) is 2.80. The molecule has 3 aliphatic heterocycles. The predicted molar refractivity (Wildman–Crippen MR) is 132 cm³/mol. The van der Waals surface area contributed by atoms with Gasteiger partial charge in [-0.25, -0.2) is 4.90 Å². The molecule has 0 spiro atoms. The number of carbonyl (C=O) groups is 3. The number of rotatable bonds is 4. The second-order valence-electron chi connectivity index (χ2n) is 9.30. The number of imide groups is 1. The maximum atomic E-state index is 14.0. The fourth-order valence-electron chi connectivity index (χ4n) is 5.82. The third-order valence-electron chi connectivity index (χ3n) is 7.43. The van der Waals surface area contributed by atoms with Gasteiger partial charge in [-0.05, 0) is 29.7 Å². The van der Waals surface area contributed by atoms with Crippen molar-refractivity contribution in [1.29, 1.82) is 0 Å². The molecule has 4 atom stereocenters. The van der Waals surface area contributed by atoms with Crippen molar-refractivity contribution >= 4 is 35.0 Å². The number of fused-ring (bicyclic) bond motifs is 5. The molecule has 0 unspecified atom stereocenters. The van der Waals surface area contributed by atoms with Gasteiger partial charge in [-0.2, -0.15) is 0 Å². The zero-order valence-electron chi connectivity index (χ0n) is 19.3. The van der Waals surface area contributed by atoms with Crippen LogP contribution in [0, 0.1) is 28.9 Å². The first-order chi connectivity index (χ1) is 17.4. The zero-order valence-corrected chi connectivity index (χ0v) is 19.3. The van der Waals surface area contributed by atoms with Crippen molar-refractivity contribution in [2.45, 2.75) is 19.0 Å². The highest BCUT2D eigenvalue weighted by molar-refractivity contribution is 6.25. The van der Waals surface area contributed by atoms with Gasteiger partial charge < -0.3 is 4.90 Å². The third-order valence-corrected chi connectivity index (χ3v) is 7.43. The summed E-state index contributed by atoms with van der Waals surface area (Å²) < 4.78 is 0. The molecule has 6 rings (SSSR count). The molecule has 8 heteroatoms. The van der Waals surface area contributed by atoms with Gasteiger partial charge in [0.15, 0.2) is 5.78 Å². The molecule has 3 aromatic carbocycles.